The highest BCUT2D eigenvalue weighted by atomic mass is 32.2. The van der Waals surface area contributed by atoms with E-state index < -0.39 is 9.84 Å². The number of hydrogen-bond acceptors (Lipinski definition) is 5. The fourth-order valence-corrected chi connectivity index (χ4v) is 6.07. The number of hydrogen-bond donors (Lipinski definition) is 0. The van der Waals surface area contributed by atoms with Crippen molar-refractivity contribution in [3.63, 3.8) is 0 Å². The van der Waals surface area contributed by atoms with E-state index in [1.165, 1.54) is 11.8 Å². The van der Waals surface area contributed by atoms with Gasteiger partial charge in [-0.25, -0.2) is 13.4 Å². The van der Waals surface area contributed by atoms with Gasteiger partial charge in [-0.1, -0.05) is 43.8 Å². The average molecular weight is 407 g/mol. The lowest BCUT2D eigenvalue weighted by molar-refractivity contribution is -0.130. The summed E-state index contributed by atoms with van der Waals surface area (Å²) in [5.74, 6) is 0.821. The van der Waals surface area contributed by atoms with Gasteiger partial charge in [-0.05, 0) is 37.0 Å². The molecule has 7 heteroatoms. The quantitative estimate of drug-likeness (QED) is 0.689. The minimum atomic E-state index is -3.02. The zero-order valence-corrected chi connectivity index (χ0v) is 17.6. The van der Waals surface area contributed by atoms with Crippen LogP contribution in [-0.2, 0) is 14.6 Å². The average Bonchev–Trinajstić information content (AvgIpc) is 2.97. The molecule has 0 spiro atoms. The molecule has 3 rings (SSSR count). The van der Waals surface area contributed by atoms with E-state index in [1.807, 2.05) is 51.1 Å². The van der Waals surface area contributed by atoms with Crippen molar-refractivity contribution >= 4 is 38.4 Å². The van der Waals surface area contributed by atoms with Gasteiger partial charge in [0, 0.05) is 18.0 Å². The van der Waals surface area contributed by atoms with Gasteiger partial charge in [0.25, 0.3) is 0 Å². The summed E-state index contributed by atoms with van der Waals surface area (Å²) >= 11 is 1.42. The Bertz CT molecular complexity index is 941. The monoisotopic (exact) mass is 406 g/mol. The first-order valence-corrected chi connectivity index (χ1v) is 12.0. The van der Waals surface area contributed by atoms with Crippen LogP contribution in [-0.4, -0.2) is 54.1 Å². The summed E-state index contributed by atoms with van der Waals surface area (Å²) in [7, 11) is -3.02. The number of aryl methyl sites for hydroxylation is 1. The number of benzene rings is 1. The SMILES string of the molecule is Cc1cc(SCC(=O)N(CC(C)C)C2CCS(=O)(=O)C2)nc2ccccc12. The fourth-order valence-electron chi connectivity index (χ4n) is 3.48. The van der Waals surface area contributed by atoms with Crippen LogP contribution < -0.4 is 0 Å². The first-order valence-electron chi connectivity index (χ1n) is 9.24. The number of carbonyl (C=O) groups excluding carboxylic acids is 1. The number of para-hydroxylation sites is 1. The molecular weight excluding hydrogens is 380 g/mol. The summed E-state index contributed by atoms with van der Waals surface area (Å²) in [5, 5.41) is 1.94. The topological polar surface area (TPSA) is 67.3 Å². The van der Waals surface area contributed by atoms with Crippen molar-refractivity contribution in [1.29, 1.82) is 0 Å². The zero-order chi connectivity index (χ0) is 19.6. The molecule has 0 N–H and O–H groups in total. The summed E-state index contributed by atoms with van der Waals surface area (Å²) < 4.78 is 23.7. The van der Waals surface area contributed by atoms with Gasteiger partial charge in [0.05, 0.1) is 27.8 Å². The summed E-state index contributed by atoms with van der Waals surface area (Å²) in [6.45, 7) is 6.73. The van der Waals surface area contributed by atoms with E-state index in [0.29, 0.717) is 18.9 Å². The van der Waals surface area contributed by atoms with Gasteiger partial charge in [-0.2, -0.15) is 0 Å². The summed E-state index contributed by atoms with van der Waals surface area (Å²) in [6, 6.07) is 9.78. The molecule has 1 fully saturated rings. The van der Waals surface area contributed by atoms with Crippen LogP contribution in [0.2, 0.25) is 0 Å². The molecule has 5 nitrogen and oxygen atoms in total. The molecule has 1 unspecified atom stereocenters. The smallest absolute Gasteiger partial charge is 0.233 e. The largest absolute Gasteiger partial charge is 0.338 e. The van der Waals surface area contributed by atoms with E-state index in [9.17, 15) is 13.2 Å². The van der Waals surface area contributed by atoms with Crippen LogP contribution in [0.4, 0.5) is 0 Å². The fraction of sp³-hybridized carbons (Fsp3) is 0.500. The number of thioether (sulfide) groups is 1. The molecule has 0 radical (unpaired) electrons. The Kier molecular flexibility index (Phi) is 6.11. The molecule has 1 saturated heterocycles. The molecular formula is C20H26N2O3S2. The first-order chi connectivity index (χ1) is 12.7. The van der Waals surface area contributed by atoms with Crippen LogP contribution in [0.3, 0.4) is 0 Å². The predicted octanol–water partition coefficient (Wildman–Crippen LogP) is 3.31. The highest BCUT2D eigenvalue weighted by Crippen LogP contribution is 2.25. The molecule has 0 aliphatic carbocycles. The maximum Gasteiger partial charge on any atom is 0.233 e. The van der Waals surface area contributed by atoms with Crippen molar-refractivity contribution in [2.75, 3.05) is 23.8 Å². The van der Waals surface area contributed by atoms with Gasteiger partial charge in [-0.15, -0.1) is 0 Å². The van der Waals surface area contributed by atoms with Gasteiger partial charge in [0.2, 0.25) is 5.91 Å². The minimum Gasteiger partial charge on any atom is -0.338 e. The predicted molar refractivity (Wildman–Crippen MR) is 111 cm³/mol. The Balaban J connectivity index is 1.72. The zero-order valence-electron chi connectivity index (χ0n) is 16.0. The highest BCUT2D eigenvalue weighted by molar-refractivity contribution is 7.99. The highest BCUT2D eigenvalue weighted by Gasteiger charge is 2.34. The van der Waals surface area contributed by atoms with Crippen molar-refractivity contribution < 1.29 is 13.2 Å². The Morgan fingerprint density at radius 3 is 2.74 bits per heavy atom. The van der Waals surface area contributed by atoms with Gasteiger partial charge >= 0.3 is 0 Å². The molecule has 2 aromatic rings. The number of pyridine rings is 1. The molecule has 27 heavy (non-hydrogen) atoms. The van der Waals surface area contributed by atoms with Crippen LogP contribution in [0.1, 0.15) is 25.8 Å². The van der Waals surface area contributed by atoms with E-state index >= 15 is 0 Å². The molecule has 1 aliphatic heterocycles. The van der Waals surface area contributed by atoms with E-state index in [-0.39, 0.29) is 29.2 Å². The van der Waals surface area contributed by atoms with Crippen LogP contribution in [0, 0.1) is 12.8 Å². The molecule has 1 amide bonds. The lowest BCUT2D eigenvalue weighted by Gasteiger charge is -2.30. The maximum absolute atomic E-state index is 12.9. The number of sulfone groups is 1. The second kappa shape index (κ2) is 8.19. The lowest BCUT2D eigenvalue weighted by Crippen LogP contribution is -2.44. The Labute approximate surface area is 165 Å². The third-order valence-corrected chi connectivity index (χ3v) is 7.42. The molecule has 1 aromatic heterocycles. The van der Waals surface area contributed by atoms with Crippen LogP contribution >= 0.6 is 11.8 Å². The second-order valence-corrected chi connectivity index (χ2v) is 10.8. The van der Waals surface area contributed by atoms with Gasteiger partial charge < -0.3 is 4.90 Å². The number of aromatic nitrogens is 1. The normalized spacial score (nSPS) is 18.9. The number of amides is 1. The van der Waals surface area contributed by atoms with Crippen LogP contribution in [0.5, 0.6) is 0 Å². The van der Waals surface area contributed by atoms with E-state index in [0.717, 1.165) is 21.5 Å². The lowest BCUT2D eigenvalue weighted by atomic mass is 10.1. The molecule has 0 saturated carbocycles. The molecule has 146 valence electrons. The molecule has 1 aliphatic rings. The summed E-state index contributed by atoms with van der Waals surface area (Å²) in [4.78, 5) is 19.3. The van der Waals surface area contributed by atoms with Crippen molar-refractivity contribution in [1.82, 2.24) is 9.88 Å². The van der Waals surface area contributed by atoms with Crippen LogP contribution in [0.25, 0.3) is 10.9 Å². The van der Waals surface area contributed by atoms with Crippen molar-refractivity contribution in [3.8, 4) is 0 Å². The second-order valence-electron chi connectivity index (χ2n) is 7.58. The Hall–Kier alpha value is -1.60. The van der Waals surface area contributed by atoms with E-state index in [1.54, 1.807) is 4.90 Å². The number of carbonyl (C=O) groups is 1. The van der Waals surface area contributed by atoms with Gasteiger partial charge in [0.1, 0.15) is 0 Å². The third-order valence-electron chi connectivity index (χ3n) is 4.77. The maximum atomic E-state index is 12.9. The Morgan fingerprint density at radius 1 is 1.33 bits per heavy atom. The minimum absolute atomic E-state index is 0.0107. The first kappa shape index (κ1) is 20.1. The number of nitrogens with zero attached hydrogens (tertiary/aromatic N) is 2. The van der Waals surface area contributed by atoms with Gasteiger partial charge in [-0.3, -0.25) is 4.79 Å². The standard InChI is InChI=1S/C20H26N2O3S2/c1-14(2)11-22(16-8-9-27(24,25)13-16)20(23)12-26-19-10-15(3)17-6-4-5-7-18(17)21-19/h4-7,10,14,16H,8-9,11-13H2,1-3H3. The summed E-state index contributed by atoms with van der Waals surface area (Å²) in [5.41, 5.74) is 2.06. The van der Waals surface area contributed by atoms with Crippen molar-refractivity contribution in [3.05, 3.63) is 35.9 Å². The third kappa shape index (κ3) is 5.02. The Morgan fingerprint density at radius 2 is 2.07 bits per heavy atom. The van der Waals surface area contributed by atoms with E-state index in [2.05, 4.69) is 4.98 Å². The number of fused-ring (bicyclic) bond motifs is 1. The molecule has 2 heterocycles. The van der Waals surface area contributed by atoms with E-state index in [4.69, 9.17) is 0 Å². The molecule has 0 bridgehead atoms. The van der Waals surface area contributed by atoms with Crippen LogP contribution in [0.15, 0.2) is 35.4 Å². The van der Waals surface area contributed by atoms with Gasteiger partial charge in [0.15, 0.2) is 9.84 Å². The van der Waals surface area contributed by atoms with Crippen molar-refractivity contribution in [2.45, 2.75) is 38.3 Å². The number of rotatable bonds is 6. The van der Waals surface area contributed by atoms with Crippen molar-refractivity contribution in [2.24, 2.45) is 5.92 Å². The molecule has 1 aromatic carbocycles. The summed E-state index contributed by atoms with van der Waals surface area (Å²) in [6.07, 6.45) is 0.540. The molecule has 1 atom stereocenters.